The van der Waals surface area contributed by atoms with Crippen molar-refractivity contribution in [3.63, 3.8) is 0 Å². The second-order valence-corrected chi connectivity index (χ2v) is 5.00. The van der Waals surface area contributed by atoms with Gasteiger partial charge in [-0.05, 0) is 30.0 Å². The molecule has 108 valence electrons. The van der Waals surface area contributed by atoms with Crippen LogP contribution in [0.2, 0.25) is 0 Å². The summed E-state index contributed by atoms with van der Waals surface area (Å²) in [7, 11) is 0. The molecule has 1 atom stereocenters. The second-order valence-electron chi connectivity index (χ2n) is 5.00. The van der Waals surface area contributed by atoms with E-state index >= 15 is 0 Å². The number of hydrogen-bond donors (Lipinski definition) is 3. The molecule has 1 aromatic carbocycles. The van der Waals surface area contributed by atoms with Crippen LogP contribution in [0.4, 0.5) is 4.79 Å². The van der Waals surface area contributed by atoms with Crippen LogP contribution in [0, 0.1) is 17.2 Å². The third-order valence-corrected chi connectivity index (χ3v) is 3.07. The van der Waals surface area contributed by atoms with Crippen molar-refractivity contribution >= 4 is 6.03 Å². The largest absolute Gasteiger partial charge is 0.396 e. The number of carbonyl (C=O) groups excluding carboxylic acids is 1. The Hall–Kier alpha value is -2.06. The first kappa shape index (κ1) is 16.0. The first-order valence-corrected chi connectivity index (χ1v) is 6.71. The first-order valence-electron chi connectivity index (χ1n) is 6.71. The Morgan fingerprint density at radius 1 is 1.45 bits per heavy atom. The highest BCUT2D eigenvalue weighted by molar-refractivity contribution is 5.74. The fourth-order valence-electron chi connectivity index (χ4n) is 1.86. The summed E-state index contributed by atoms with van der Waals surface area (Å²) in [6.07, 6.45) is 0.537. The topological polar surface area (TPSA) is 85.2 Å². The van der Waals surface area contributed by atoms with E-state index in [-0.39, 0.29) is 24.6 Å². The van der Waals surface area contributed by atoms with Gasteiger partial charge in [-0.15, -0.1) is 0 Å². The predicted octanol–water partition coefficient (Wildman–Crippen LogP) is 1.76. The Kier molecular flexibility index (Phi) is 6.54. The third kappa shape index (κ3) is 5.29. The second kappa shape index (κ2) is 8.18. The van der Waals surface area contributed by atoms with E-state index in [1.807, 2.05) is 19.9 Å². The summed E-state index contributed by atoms with van der Waals surface area (Å²) >= 11 is 0. The number of rotatable bonds is 6. The average molecular weight is 275 g/mol. The van der Waals surface area contributed by atoms with E-state index in [0.717, 1.165) is 5.56 Å². The van der Waals surface area contributed by atoms with E-state index in [2.05, 4.69) is 16.7 Å². The van der Waals surface area contributed by atoms with E-state index in [4.69, 9.17) is 10.4 Å². The van der Waals surface area contributed by atoms with Crippen LogP contribution in [0.1, 0.15) is 31.4 Å². The maximum absolute atomic E-state index is 11.8. The third-order valence-electron chi connectivity index (χ3n) is 3.07. The molecule has 0 bridgehead atoms. The fourth-order valence-corrected chi connectivity index (χ4v) is 1.86. The van der Waals surface area contributed by atoms with Gasteiger partial charge in [0.15, 0.2) is 0 Å². The molecule has 1 rings (SSSR count). The Bertz CT molecular complexity index is 480. The fraction of sp³-hybridized carbons (Fsp3) is 0.467. The highest BCUT2D eigenvalue weighted by Gasteiger charge is 2.15. The number of carbonyl (C=O) groups is 1. The highest BCUT2D eigenvalue weighted by Crippen LogP contribution is 2.06. The minimum atomic E-state index is -0.264. The highest BCUT2D eigenvalue weighted by atomic mass is 16.3. The molecule has 0 radical (unpaired) electrons. The maximum Gasteiger partial charge on any atom is 0.315 e. The number of nitriles is 1. The molecule has 5 heteroatoms. The molecule has 20 heavy (non-hydrogen) atoms. The minimum absolute atomic E-state index is 0.0489. The summed E-state index contributed by atoms with van der Waals surface area (Å²) in [4.78, 5) is 11.8. The lowest BCUT2D eigenvalue weighted by Gasteiger charge is -2.21. The van der Waals surface area contributed by atoms with Crippen LogP contribution in [0.15, 0.2) is 24.3 Å². The van der Waals surface area contributed by atoms with Crippen LogP contribution in [0.25, 0.3) is 0 Å². The van der Waals surface area contributed by atoms with Crippen LogP contribution in [0.5, 0.6) is 0 Å². The van der Waals surface area contributed by atoms with E-state index in [0.29, 0.717) is 18.5 Å². The monoisotopic (exact) mass is 275 g/mol. The minimum Gasteiger partial charge on any atom is -0.396 e. The van der Waals surface area contributed by atoms with Crippen molar-refractivity contribution in [3.8, 4) is 6.07 Å². The Balaban J connectivity index is 2.48. The molecule has 0 saturated carbocycles. The molecule has 0 aliphatic rings. The molecule has 1 aromatic rings. The van der Waals surface area contributed by atoms with Crippen molar-refractivity contribution in [2.45, 2.75) is 32.9 Å². The van der Waals surface area contributed by atoms with Gasteiger partial charge in [0.25, 0.3) is 0 Å². The Morgan fingerprint density at radius 3 is 2.80 bits per heavy atom. The number of aliphatic hydroxyl groups excluding tert-OH is 1. The van der Waals surface area contributed by atoms with Crippen LogP contribution in [0.3, 0.4) is 0 Å². The van der Waals surface area contributed by atoms with Gasteiger partial charge in [-0.2, -0.15) is 5.26 Å². The summed E-state index contributed by atoms with van der Waals surface area (Å²) < 4.78 is 0. The van der Waals surface area contributed by atoms with Gasteiger partial charge in [0.2, 0.25) is 0 Å². The van der Waals surface area contributed by atoms with Gasteiger partial charge < -0.3 is 15.7 Å². The zero-order chi connectivity index (χ0) is 15.0. The van der Waals surface area contributed by atoms with E-state index in [1.165, 1.54) is 0 Å². The number of urea groups is 1. The molecule has 3 N–H and O–H groups in total. The van der Waals surface area contributed by atoms with Crippen molar-refractivity contribution < 1.29 is 9.90 Å². The van der Waals surface area contributed by atoms with Crippen LogP contribution in [-0.4, -0.2) is 23.8 Å². The van der Waals surface area contributed by atoms with E-state index in [9.17, 15) is 4.79 Å². The zero-order valence-electron chi connectivity index (χ0n) is 11.9. The predicted molar refractivity (Wildman–Crippen MR) is 76.9 cm³/mol. The maximum atomic E-state index is 11.8. The molecule has 0 aliphatic heterocycles. The van der Waals surface area contributed by atoms with Gasteiger partial charge in [0.1, 0.15) is 0 Å². The number of amides is 2. The summed E-state index contributed by atoms with van der Waals surface area (Å²) in [6.45, 7) is 4.41. The summed E-state index contributed by atoms with van der Waals surface area (Å²) in [6, 6.07) is 8.86. The molecule has 2 amide bonds. The lowest BCUT2D eigenvalue weighted by atomic mass is 10.0. The van der Waals surface area contributed by atoms with Crippen molar-refractivity contribution in [2.75, 3.05) is 6.61 Å². The molecule has 0 aromatic heterocycles. The summed E-state index contributed by atoms with van der Waals surface area (Å²) in [5, 5.41) is 23.4. The quantitative estimate of drug-likeness (QED) is 0.739. The van der Waals surface area contributed by atoms with Gasteiger partial charge in [0.05, 0.1) is 11.6 Å². The van der Waals surface area contributed by atoms with Gasteiger partial charge >= 0.3 is 6.03 Å². The molecule has 0 fully saturated rings. The molecular weight excluding hydrogens is 254 g/mol. The van der Waals surface area contributed by atoms with Gasteiger partial charge in [-0.1, -0.05) is 26.0 Å². The van der Waals surface area contributed by atoms with Gasteiger partial charge in [-0.25, -0.2) is 4.79 Å². The molecule has 0 spiro atoms. The summed E-state index contributed by atoms with van der Waals surface area (Å²) in [5.74, 6) is 0.259. The van der Waals surface area contributed by atoms with Crippen LogP contribution >= 0.6 is 0 Å². The zero-order valence-corrected chi connectivity index (χ0v) is 11.9. The smallest absolute Gasteiger partial charge is 0.315 e. The molecule has 0 heterocycles. The van der Waals surface area contributed by atoms with Crippen molar-refractivity contribution in [1.29, 1.82) is 5.26 Å². The van der Waals surface area contributed by atoms with E-state index < -0.39 is 0 Å². The number of benzene rings is 1. The first-order chi connectivity index (χ1) is 9.56. The average Bonchev–Trinajstić information content (AvgIpc) is 2.44. The molecule has 0 aliphatic carbocycles. The molecule has 0 saturated heterocycles. The Morgan fingerprint density at radius 2 is 2.20 bits per heavy atom. The van der Waals surface area contributed by atoms with Crippen LogP contribution < -0.4 is 10.6 Å². The van der Waals surface area contributed by atoms with E-state index in [1.54, 1.807) is 18.2 Å². The number of nitrogens with one attached hydrogen (secondary N) is 2. The lowest BCUT2D eigenvalue weighted by molar-refractivity contribution is 0.218. The van der Waals surface area contributed by atoms with Gasteiger partial charge in [0, 0.05) is 19.2 Å². The molecule has 0 unspecified atom stereocenters. The van der Waals surface area contributed by atoms with Crippen LogP contribution in [-0.2, 0) is 6.54 Å². The van der Waals surface area contributed by atoms with Crippen molar-refractivity contribution in [3.05, 3.63) is 35.4 Å². The molecule has 5 nitrogen and oxygen atoms in total. The number of hydrogen-bond acceptors (Lipinski definition) is 3. The van der Waals surface area contributed by atoms with Crippen molar-refractivity contribution in [1.82, 2.24) is 10.6 Å². The summed E-state index contributed by atoms with van der Waals surface area (Å²) in [5.41, 5.74) is 1.45. The molecular formula is C15H21N3O2. The normalized spacial score (nSPS) is 11.8. The standard InChI is InChI=1S/C15H21N3O2/c1-11(2)14(6-7-19)18-15(20)17-10-13-5-3-4-12(8-13)9-16/h3-5,8,11,14,19H,6-7,10H2,1-2H3,(H2,17,18,20)/t14-/m1/s1. The number of nitrogens with zero attached hydrogens (tertiary/aromatic N) is 1. The lowest BCUT2D eigenvalue weighted by Crippen LogP contribution is -2.44. The Labute approximate surface area is 119 Å². The SMILES string of the molecule is CC(C)[C@@H](CCO)NC(=O)NCc1cccc(C#N)c1. The number of aliphatic hydroxyl groups is 1. The van der Waals surface area contributed by atoms with Crippen molar-refractivity contribution in [2.24, 2.45) is 5.92 Å². The van der Waals surface area contributed by atoms with Gasteiger partial charge in [-0.3, -0.25) is 0 Å².